The minimum Gasteiger partial charge on any atom is -0.321 e. The second kappa shape index (κ2) is 4.08. The van der Waals surface area contributed by atoms with Crippen LogP contribution in [0.5, 0.6) is 0 Å². The van der Waals surface area contributed by atoms with Gasteiger partial charge in [0, 0.05) is 6.54 Å². The second-order valence-electron chi connectivity index (χ2n) is 3.18. The van der Waals surface area contributed by atoms with Crippen molar-refractivity contribution >= 4 is 11.2 Å². The minimum atomic E-state index is -0.151. The number of hydrogen-bond donors (Lipinski definition) is 1. The molecule has 78 valence electrons. The first kappa shape index (κ1) is 9.64. The molecule has 0 aliphatic rings. The summed E-state index contributed by atoms with van der Waals surface area (Å²) in [5.41, 5.74) is 0.865. The van der Waals surface area contributed by atoms with Gasteiger partial charge >= 0.3 is 0 Å². The van der Waals surface area contributed by atoms with Gasteiger partial charge in [-0.25, -0.2) is 9.97 Å². The fraction of sp³-hybridized carbons (Fsp3) is 0.300. The first-order valence-corrected chi connectivity index (χ1v) is 4.86. The zero-order valence-corrected chi connectivity index (χ0v) is 8.47. The Kier molecular flexibility index (Phi) is 2.62. The van der Waals surface area contributed by atoms with Crippen LogP contribution in [0.15, 0.2) is 29.6 Å². The highest BCUT2D eigenvalue weighted by atomic mass is 16.1. The van der Waals surface area contributed by atoms with Gasteiger partial charge in [-0.1, -0.05) is 19.1 Å². The van der Waals surface area contributed by atoms with Crippen molar-refractivity contribution in [3.63, 3.8) is 0 Å². The quantitative estimate of drug-likeness (QED) is 0.761. The molecule has 0 aromatic carbocycles. The number of nitrogens with zero attached hydrogens (tertiary/aromatic N) is 3. The fourth-order valence-corrected chi connectivity index (χ4v) is 1.41. The lowest BCUT2D eigenvalue weighted by Crippen LogP contribution is -2.10. The van der Waals surface area contributed by atoms with Gasteiger partial charge in [0.2, 0.25) is 0 Å². The molecule has 2 heterocycles. The average Bonchev–Trinajstić information content (AvgIpc) is 2.63. The SMILES string of the molecule is CC/C=C\Cn1cnc2nc[nH]c(=O)c21. The third kappa shape index (κ3) is 1.81. The smallest absolute Gasteiger partial charge is 0.276 e. The van der Waals surface area contributed by atoms with Crippen LogP contribution in [0.2, 0.25) is 0 Å². The van der Waals surface area contributed by atoms with E-state index < -0.39 is 0 Å². The summed E-state index contributed by atoms with van der Waals surface area (Å²) >= 11 is 0. The summed E-state index contributed by atoms with van der Waals surface area (Å²) in [7, 11) is 0. The molecule has 0 saturated heterocycles. The lowest BCUT2D eigenvalue weighted by Gasteiger charge is -1.96. The summed E-state index contributed by atoms with van der Waals surface area (Å²) in [6, 6.07) is 0. The Bertz CT molecular complexity index is 538. The van der Waals surface area contributed by atoms with Crippen LogP contribution in [0.1, 0.15) is 13.3 Å². The van der Waals surface area contributed by atoms with E-state index in [1.54, 1.807) is 10.9 Å². The van der Waals surface area contributed by atoms with Gasteiger partial charge in [0.1, 0.15) is 0 Å². The maximum absolute atomic E-state index is 11.5. The third-order valence-corrected chi connectivity index (χ3v) is 2.12. The van der Waals surface area contributed by atoms with Crippen LogP contribution >= 0.6 is 0 Å². The normalized spacial score (nSPS) is 11.5. The van der Waals surface area contributed by atoms with Crippen molar-refractivity contribution in [2.75, 3.05) is 0 Å². The molecule has 5 heteroatoms. The van der Waals surface area contributed by atoms with Crippen LogP contribution in [0, 0.1) is 0 Å². The highest BCUT2D eigenvalue weighted by Crippen LogP contribution is 2.03. The molecule has 15 heavy (non-hydrogen) atoms. The summed E-state index contributed by atoms with van der Waals surface area (Å²) in [4.78, 5) is 22.1. The third-order valence-electron chi connectivity index (χ3n) is 2.12. The monoisotopic (exact) mass is 204 g/mol. The van der Waals surface area contributed by atoms with Gasteiger partial charge in [0.15, 0.2) is 11.2 Å². The van der Waals surface area contributed by atoms with Crippen LogP contribution in [0.3, 0.4) is 0 Å². The lowest BCUT2D eigenvalue weighted by molar-refractivity contribution is 0.840. The highest BCUT2D eigenvalue weighted by Gasteiger charge is 2.05. The maximum atomic E-state index is 11.5. The first-order chi connectivity index (χ1) is 7.33. The number of rotatable bonds is 3. The summed E-state index contributed by atoms with van der Waals surface area (Å²) in [5, 5.41) is 0. The van der Waals surface area contributed by atoms with Crippen LogP contribution in [0.25, 0.3) is 11.2 Å². The molecular formula is C10H12N4O. The molecule has 0 radical (unpaired) electrons. The van der Waals surface area contributed by atoms with Crippen molar-refractivity contribution < 1.29 is 0 Å². The number of hydrogen-bond acceptors (Lipinski definition) is 3. The molecule has 0 atom stereocenters. The molecule has 2 aromatic heterocycles. The molecule has 1 N–H and O–H groups in total. The molecule has 0 amide bonds. The van der Waals surface area contributed by atoms with Crippen LogP contribution in [-0.4, -0.2) is 19.5 Å². The topological polar surface area (TPSA) is 63.6 Å². The van der Waals surface area contributed by atoms with Crippen LogP contribution in [-0.2, 0) is 6.54 Å². The predicted molar refractivity (Wildman–Crippen MR) is 57.6 cm³/mol. The number of allylic oxidation sites excluding steroid dienone is 2. The largest absolute Gasteiger partial charge is 0.321 e. The predicted octanol–water partition coefficient (Wildman–Crippen LogP) is 1.09. The average molecular weight is 204 g/mol. The molecule has 0 fully saturated rings. The number of fused-ring (bicyclic) bond motifs is 1. The van der Waals surface area contributed by atoms with Crippen molar-refractivity contribution in [2.45, 2.75) is 19.9 Å². The molecule has 0 saturated carbocycles. The van der Waals surface area contributed by atoms with Crippen molar-refractivity contribution in [2.24, 2.45) is 0 Å². The van der Waals surface area contributed by atoms with E-state index in [4.69, 9.17) is 0 Å². The summed E-state index contributed by atoms with van der Waals surface area (Å²) < 4.78 is 1.79. The number of nitrogens with one attached hydrogen (secondary N) is 1. The van der Waals surface area contributed by atoms with Gasteiger partial charge in [-0.3, -0.25) is 4.79 Å². The molecule has 0 aliphatic heterocycles. The zero-order chi connectivity index (χ0) is 10.7. The first-order valence-electron chi connectivity index (χ1n) is 4.86. The van der Waals surface area contributed by atoms with E-state index in [1.807, 2.05) is 6.08 Å². The molecular weight excluding hydrogens is 192 g/mol. The van der Waals surface area contributed by atoms with E-state index in [0.29, 0.717) is 17.7 Å². The van der Waals surface area contributed by atoms with E-state index in [2.05, 4.69) is 28.0 Å². The molecule has 0 aliphatic carbocycles. The molecule has 0 bridgehead atoms. The van der Waals surface area contributed by atoms with Crippen LogP contribution < -0.4 is 5.56 Å². The molecule has 2 aromatic rings. The number of aromatic amines is 1. The van der Waals surface area contributed by atoms with Gasteiger partial charge in [0.05, 0.1) is 12.7 Å². The molecule has 0 spiro atoms. The van der Waals surface area contributed by atoms with Crippen molar-refractivity contribution in [1.82, 2.24) is 19.5 Å². The molecule has 0 unspecified atom stereocenters. The van der Waals surface area contributed by atoms with E-state index in [9.17, 15) is 4.79 Å². The Balaban J connectivity index is 2.44. The zero-order valence-electron chi connectivity index (χ0n) is 8.47. The molecule has 2 rings (SSSR count). The Hall–Kier alpha value is -1.91. The van der Waals surface area contributed by atoms with Crippen LogP contribution in [0.4, 0.5) is 0 Å². The maximum Gasteiger partial charge on any atom is 0.276 e. The Labute approximate surface area is 86.5 Å². The number of aromatic nitrogens is 4. The van der Waals surface area contributed by atoms with Gasteiger partial charge < -0.3 is 9.55 Å². The summed E-state index contributed by atoms with van der Waals surface area (Å²) in [6.07, 6.45) is 8.04. The minimum absolute atomic E-state index is 0.151. The van der Waals surface area contributed by atoms with E-state index in [-0.39, 0.29) is 5.56 Å². The Morgan fingerprint density at radius 2 is 2.33 bits per heavy atom. The Morgan fingerprint density at radius 3 is 3.13 bits per heavy atom. The van der Waals surface area contributed by atoms with Gasteiger partial charge in [-0.05, 0) is 6.42 Å². The van der Waals surface area contributed by atoms with Crippen molar-refractivity contribution in [1.29, 1.82) is 0 Å². The van der Waals surface area contributed by atoms with Gasteiger partial charge in [-0.15, -0.1) is 0 Å². The Morgan fingerprint density at radius 1 is 1.47 bits per heavy atom. The second-order valence-corrected chi connectivity index (χ2v) is 3.18. The standard InChI is InChI=1S/C10H12N4O/c1-2-3-4-5-14-7-13-9-8(14)10(15)12-6-11-9/h3-4,6-7H,2,5H2,1H3,(H,11,12,15)/b4-3-. The number of H-pyrrole nitrogens is 1. The van der Waals surface area contributed by atoms with Gasteiger partial charge in [-0.2, -0.15) is 0 Å². The van der Waals surface area contributed by atoms with Crippen molar-refractivity contribution in [3.05, 3.63) is 35.2 Å². The van der Waals surface area contributed by atoms with E-state index in [1.165, 1.54) is 6.33 Å². The van der Waals surface area contributed by atoms with E-state index >= 15 is 0 Å². The number of imidazole rings is 1. The van der Waals surface area contributed by atoms with E-state index in [0.717, 1.165) is 6.42 Å². The molecule has 5 nitrogen and oxygen atoms in total. The lowest BCUT2D eigenvalue weighted by atomic mass is 10.4. The highest BCUT2D eigenvalue weighted by molar-refractivity contribution is 5.68. The van der Waals surface area contributed by atoms with Crippen molar-refractivity contribution in [3.8, 4) is 0 Å². The summed E-state index contributed by atoms with van der Waals surface area (Å²) in [6.45, 7) is 2.72. The van der Waals surface area contributed by atoms with Gasteiger partial charge in [0.25, 0.3) is 5.56 Å². The fourth-order valence-electron chi connectivity index (χ4n) is 1.41. The summed E-state index contributed by atoms with van der Waals surface area (Å²) in [5.74, 6) is 0.